The van der Waals surface area contributed by atoms with E-state index in [0.29, 0.717) is 12.0 Å². The topological polar surface area (TPSA) is 26.0 Å². The molecule has 0 aliphatic carbocycles. The van der Waals surface area contributed by atoms with E-state index < -0.39 is 11.7 Å². The van der Waals surface area contributed by atoms with E-state index in [2.05, 4.69) is 0 Å². The smallest absolute Gasteiger partial charge is 0.328 e. The molecule has 0 radical (unpaired) electrons. The molecule has 0 saturated carbocycles. The van der Waals surface area contributed by atoms with Crippen molar-refractivity contribution in [3.63, 3.8) is 0 Å². The largest absolute Gasteiger partial charge is 0.416 e. The van der Waals surface area contributed by atoms with Crippen LogP contribution in [0.15, 0.2) is 18.2 Å². The van der Waals surface area contributed by atoms with Gasteiger partial charge in [0.15, 0.2) is 0 Å². The fraction of sp³-hybridized carbons (Fsp3) is 0.455. The molecule has 0 aliphatic heterocycles. The SMILES string of the molecule is Cc1ccc(C(F)(F)F)cc1CC(C)N. The third-order valence-electron chi connectivity index (χ3n) is 2.22. The Hall–Kier alpha value is -1.03. The van der Waals surface area contributed by atoms with Gasteiger partial charge in [-0.15, -0.1) is 0 Å². The van der Waals surface area contributed by atoms with Crippen LogP contribution in [0.4, 0.5) is 13.2 Å². The van der Waals surface area contributed by atoms with E-state index in [9.17, 15) is 13.2 Å². The highest BCUT2D eigenvalue weighted by Crippen LogP contribution is 2.30. The van der Waals surface area contributed by atoms with E-state index in [0.717, 1.165) is 11.6 Å². The fourth-order valence-electron chi connectivity index (χ4n) is 1.41. The second-order valence-electron chi connectivity index (χ2n) is 3.82. The van der Waals surface area contributed by atoms with Gasteiger partial charge in [-0.3, -0.25) is 0 Å². The minimum absolute atomic E-state index is 0.132. The molecule has 0 saturated heterocycles. The van der Waals surface area contributed by atoms with Gasteiger partial charge >= 0.3 is 6.18 Å². The molecule has 15 heavy (non-hydrogen) atoms. The van der Waals surface area contributed by atoms with Gasteiger partial charge < -0.3 is 5.73 Å². The van der Waals surface area contributed by atoms with Gasteiger partial charge in [-0.2, -0.15) is 13.2 Å². The summed E-state index contributed by atoms with van der Waals surface area (Å²) in [5.41, 5.74) is 6.48. The average Bonchev–Trinajstić information content (AvgIpc) is 2.06. The Bertz CT molecular complexity index is 342. The highest BCUT2D eigenvalue weighted by Gasteiger charge is 2.30. The summed E-state index contributed by atoms with van der Waals surface area (Å²) < 4.78 is 37.2. The van der Waals surface area contributed by atoms with Gasteiger partial charge in [0.1, 0.15) is 0 Å². The molecule has 1 rings (SSSR count). The third-order valence-corrected chi connectivity index (χ3v) is 2.22. The molecule has 2 N–H and O–H groups in total. The van der Waals surface area contributed by atoms with Crippen molar-refractivity contribution in [3.8, 4) is 0 Å². The Morgan fingerprint density at radius 1 is 1.33 bits per heavy atom. The van der Waals surface area contributed by atoms with Crippen molar-refractivity contribution in [2.45, 2.75) is 32.5 Å². The molecule has 0 amide bonds. The van der Waals surface area contributed by atoms with E-state index in [1.807, 2.05) is 0 Å². The number of hydrogen-bond donors (Lipinski definition) is 1. The molecule has 0 aliphatic rings. The van der Waals surface area contributed by atoms with Crippen LogP contribution in [-0.4, -0.2) is 6.04 Å². The first kappa shape index (κ1) is 12.0. The van der Waals surface area contributed by atoms with Crippen LogP contribution in [0.3, 0.4) is 0 Å². The minimum atomic E-state index is -4.28. The maximum absolute atomic E-state index is 12.4. The highest BCUT2D eigenvalue weighted by molar-refractivity contribution is 5.33. The summed E-state index contributed by atoms with van der Waals surface area (Å²) in [7, 11) is 0. The molecule has 1 unspecified atom stereocenters. The van der Waals surface area contributed by atoms with Crippen LogP contribution in [0.2, 0.25) is 0 Å². The number of rotatable bonds is 2. The van der Waals surface area contributed by atoms with E-state index >= 15 is 0 Å². The molecular weight excluding hydrogens is 203 g/mol. The standard InChI is InChI=1S/C11H14F3N/c1-7-3-4-10(11(12,13)14)6-9(7)5-8(2)15/h3-4,6,8H,5,15H2,1-2H3. The van der Waals surface area contributed by atoms with E-state index in [4.69, 9.17) is 5.73 Å². The van der Waals surface area contributed by atoms with Crippen molar-refractivity contribution in [1.82, 2.24) is 0 Å². The van der Waals surface area contributed by atoms with Gasteiger partial charge in [0, 0.05) is 6.04 Å². The van der Waals surface area contributed by atoms with Crippen LogP contribution in [0, 0.1) is 6.92 Å². The highest BCUT2D eigenvalue weighted by atomic mass is 19.4. The molecule has 4 heteroatoms. The van der Waals surface area contributed by atoms with E-state index in [1.165, 1.54) is 12.1 Å². The number of hydrogen-bond acceptors (Lipinski definition) is 1. The Balaban J connectivity index is 3.06. The second-order valence-corrected chi connectivity index (χ2v) is 3.82. The molecule has 1 atom stereocenters. The number of benzene rings is 1. The monoisotopic (exact) mass is 217 g/mol. The average molecular weight is 217 g/mol. The Labute approximate surface area is 87.1 Å². The van der Waals surface area contributed by atoms with Crippen molar-refractivity contribution < 1.29 is 13.2 Å². The normalized spacial score (nSPS) is 14.0. The quantitative estimate of drug-likeness (QED) is 0.809. The summed E-state index contributed by atoms with van der Waals surface area (Å²) in [6, 6.07) is 3.63. The maximum Gasteiger partial charge on any atom is 0.416 e. The second kappa shape index (κ2) is 4.23. The van der Waals surface area contributed by atoms with Crippen LogP contribution >= 0.6 is 0 Å². The van der Waals surface area contributed by atoms with E-state index in [1.54, 1.807) is 13.8 Å². The van der Waals surface area contributed by atoms with Gasteiger partial charge in [-0.1, -0.05) is 6.07 Å². The summed E-state index contributed by atoms with van der Waals surface area (Å²) in [6.45, 7) is 3.57. The molecule has 0 heterocycles. The van der Waals surface area contributed by atoms with Gasteiger partial charge in [-0.05, 0) is 43.5 Å². The lowest BCUT2D eigenvalue weighted by Crippen LogP contribution is -2.19. The van der Waals surface area contributed by atoms with Crippen molar-refractivity contribution in [3.05, 3.63) is 34.9 Å². The van der Waals surface area contributed by atoms with Crippen molar-refractivity contribution in [2.75, 3.05) is 0 Å². The molecule has 0 fully saturated rings. The first-order chi connectivity index (χ1) is 6.80. The van der Waals surface area contributed by atoms with Gasteiger partial charge in [-0.25, -0.2) is 0 Å². The van der Waals surface area contributed by atoms with Crippen LogP contribution in [0.1, 0.15) is 23.6 Å². The predicted octanol–water partition coefficient (Wildman–Crippen LogP) is 2.90. The van der Waals surface area contributed by atoms with Crippen LogP contribution in [-0.2, 0) is 12.6 Å². The number of aryl methyl sites for hydroxylation is 1. The molecule has 1 nitrogen and oxygen atoms in total. The van der Waals surface area contributed by atoms with E-state index in [-0.39, 0.29) is 6.04 Å². The lowest BCUT2D eigenvalue weighted by molar-refractivity contribution is -0.137. The van der Waals surface area contributed by atoms with Gasteiger partial charge in [0.2, 0.25) is 0 Å². The first-order valence-electron chi connectivity index (χ1n) is 4.73. The summed E-state index contributed by atoms with van der Waals surface area (Å²) in [5.74, 6) is 0. The Morgan fingerprint density at radius 3 is 2.40 bits per heavy atom. The van der Waals surface area contributed by atoms with Gasteiger partial charge in [0.05, 0.1) is 5.56 Å². The van der Waals surface area contributed by atoms with Crippen LogP contribution in [0.25, 0.3) is 0 Å². The fourth-order valence-corrected chi connectivity index (χ4v) is 1.41. The Kier molecular flexibility index (Phi) is 3.39. The number of alkyl halides is 3. The van der Waals surface area contributed by atoms with Crippen molar-refractivity contribution >= 4 is 0 Å². The van der Waals surface area contributed by atoms with Gasteiger partial charge in [0.25, 0.3) is 0 Å². The summed E-state index contributed by atoms with van der Waals surface area (Å²) in [5, 5.41) is 0. The molecule has 0 bridgehead atoms. The van der Waals surface area contributed by atoms with Crippen LogP contribution in [0.5, 0.6) is 0 Å². The minimum Gasteiger partial charge on any atom is -0.328 e. The van der Waals surface area contributed by atoms with Crippen molar-refractivity contribution in [1.29, 1.82) is 0 Å². The molecule has 0 aromatic heterocycles. The zero-order chi connectivity index (χ0) is 11.6. The number of halogens is 3. The molecule has 1 aromatic carbocycles. The molecule has 84 valence electrons. The third kappa shape index (κ3) is 3.23. The lowest BCUT2D eigenvalue weighted by Gasteiger charge is -2.12. The van der Waals surface area contributed by atoms with Crippen molar-refractivity contribution in [2.24, 2.45) is 5.73 Å². The zero-order valence-corrected chi connectivity index (χ0v) is 8.73. The number of nitrogens with two attached hydrogens (primary N) is 1. The molecule has 1 aromatic rings. The maximum atomic E-state index is 12.4. The van der Waals surface area contributed by atoms with Crippen LogP contribution < -0.4 is 5.73 Å². The summed E-state index contributed by atoms with van der Waals surface area (Å²) in [6.07, 6.45) is -3.81. The Morgan fingerprint density at radius 2 is 1.93 bits per heavy atom. The predicted molar refractivity (Wildman–Crippen MR) is 53.5 cm³/mol. The lowest BCUT2D eigenvalue weighted by atomic mass is 9.99. The first-order valence-corrected chi connectivity index (χ1v) is 4.73. The molecular formula is C11H14F3N. The molecule has 0 spiro atoms. The zero-order valence-electron chi connectivity index (χ0n) is 8.73. The summed E-state index contributed by atoms with van der Waals surface area (Å²) >= 11 is 0. The summed E-state index contributed by atoms with van der Waals surface area (Å²) in [4.78, 5) is 0.